The van der Waals surface area contributed by atoms with Crippen molar-refractivity contribution >= 4 is 23.5 Å². The molecule has 1 N–H and O–H groups in total. The number of hydrazone groups is 1. The fourth-order valence-corrected chi connectivity index (χ4v) is 1.94. The lowest BCUT2D eigenvalue weighted by molar-refractivity contribution is 0.271. The summed E-state index contributed by atoms with van der Waals surface area (Å²) in [4.78, 5) is 0. The van der Waals surface area contributed by atoms with Crippen molar-refractivity contribution < 1.29 is 4.74 Å². The summed E-state index contributed by atoms with van der Waals surface area (Å²) in [5.74, 6) is 1.40. The van der Waals surface area contributed by atoms with Crippen LogP contribution in [-0.4, -0.2) is 12.8 Å². The number of benzene rings is 2. The maximum Gasteiger partial charge on any atom is 0.119 e. The average molecular weight is 317 g/mol. The van der Waals surface area contributed by atoms with Crippen molar-refractivity contribution in [3.63, 3.8) is 0 Å². The molecule has 0 bridgehead atoms. The molecule has 0 saturated heterocycles. The van der Waals surface area contributed by atoms with Crippen LogP contribution in [0.5, 0.6) is 5.75 Å². The van der Waals surface area contributed by atoms with Crippen molar-refractivity contribution in [1.29, 1.82) is 0 Å². The van der Waals surface area contributed by atoms with Gasteiger partial charge in [-0.3, -0.25) is 5.43 Å². The lowest BCUT2D eigenvalue weighted by Crippen LogP contribution is -2.04. The fourth-order valence-electron chi connectivity index (χ4n) is 1.76. The van der Waals surface area contributed by atoms with E-state index in [2.05, 4.69) is 24.4 Å². The lowest BCUT2D eigenvalue weighted by Gasteiger charge is -2.08. The van der Waals surface area contributed by atoms with E-state index in [4.69, 9.17) is 16.3 Å². The van der Waals surface area contributed by atoms with Gasteiger partial charge < -0.3 is 4.74 Å². The number of anilines is 1. The van der Waals surface area contributed by atoms with Crippen LogP contribution in [-0.2, 0) is 0 Å². The molecule has 3 nitrogen and oxygen atoms in total. The number of hydrogen-bond donors (Lipinski definition) is 1. The molecule has 0 aliphatic rings. The summed E-state index contributed by atoms with van der Waals surface area (Å²) >= 11 is 6.07. The number of halogens is 1. The highest BCUT2D eigenvalue weighted by Gasteiger charge is 1.98. The Hall–Kier alpha value is -2.00. The first-order valence-corrected chi connectivity index (χ1v) is 7.70. The zero-order valence-corrected chi connectivity index (χ0v) is 13.9. The zero-order chi connectivity index (χ0) is 15.9. The summed E-state index contributed by atoms with van der Waals surface area (Å²) < 4.78 is 5.65. The predicted octanol–water partition coefficient (Wildman–Crippen LogP) is 5.13. The highest BCUT2D eigenvalue weighted by Crippen LogP contribution is 2.19. The van der Waals surface area contributed by atoms with Crippen molar-refractivity contribution in [1.82, 2.24) is 0 Å². The highest BCUT2D eigenvalue weighted by molar-refractivity contribution is 6.31. The van der Waals surface area contributed by atoms with E-state index in [-0.39, 0.29) is 0 Å². The van der Waals surface area contributed by atoms with Crippen molar-refractivity contribution in [3.8, 4) is 5.75 Å². The van der Waals surface area contributed by atoms with Crippen LogP contribution in [0.25, 0.3) is 0 Å². The van der Waals surface area contributed by atoms with Crippen LogP contribution < -0.4 is 10.2 Å². The van der Waals surface area contributed by atoms with Gasteiger partial charge in [0.15, 0.2) is 0 Å². The van der Waals surface area contributed by atoms with Gasteiger partial charge in [-0.25, -0.2) is 0 Å². The monoisotopic (exact) mass is 316 g/mol. The summed E-state index contributed by atoms with van der Waals surface area (Å²) in [5.41, 5.74) is 5.89. The van der Waals surface area contributed by atoms with Crippen molar-refractivity contribution in [2.45, 2.75) is 20.8 Å². The average Bonchev–Trinajstić information content (AvgIpc) is 2.50. The molecule has 2 aromatic carbocycles. The standard InChI is InChI=1S/C18H21ClN2O/c1-13(2)12-22-17-8-5-15(6-9-17)11-20-21-16-7-4-14(3)18(19)10-16/h4-11,13,21H,12H2,1-3H3/b20-11+. The molecular weight excluding hydrogens is 296 g/mol. The highest BCUT2D eigenvalue weighted by atomic mass is 35.5. The lowest BCUT2D eigenvalue weighted by atomic mass is 10.2. The van der Waals surface area contributed by atoms with Crippen LogP contribution >= 0.6 is 11.6 Å². The van der Waals surface area contributed by atoms with E-state index in [1.165, 1.54) is 0 Å². The van der Waals surface area contributed by atoms with Crippen LogP contribution in [0.15, 0.2) is 47.6 Å². The van der Waals surface area contributed by atoms with E-state index < -0.39 is 0 Å². The van der Waals surface area contributed by atoms with Gasteiger partial charge in [-0.2, -0.15) is 5.10 Å². The Morgan fingerprint density at radius 3 is 2.55 bits per heavy atom. The van der Waals surface area contributed by atoms with E-state index in [0.717, 1.165) is 34.2 Å². The van der Waals surface area contributed by atoms with Gasteiger partial charge in [0.25, 0.3) is 0 Å². The van der Waals surface area contributed by atoms with Gasteiger partial charge in [0, 0.05) is 5.02 Å². The molecule has 0 unspecified atom stereocenters. The number of aryl methyl sites for hydroxylation is 1. The van der Waals surface area contributed by atoms with Crippen molar-refractivity contribution in [2.24, 2.45) is 11.0 Å². The van der Waals surface area contributed by atoms with E-state index in [1.807, 2.05) is 49.4 Å². The number of hydrogen-bond acceptors (Lipinski definition) is 3. The van der Waals surface area contributed by atoms with Crippen LogP contribution in [0.1, 0.15) is 25.0 Å². The summed E-state index contributed by atoms with van der Waals surface area (Å²) in [6.07, 6.45) is 1.76. The first-order chi connectivity index (χ1) is 10.5. The number of nitrogens with zero attached hydrogens (tertiary/aromatic N) is 1. The Labute approximate surface area is 137 Å². The van der Waals surface area contributed by atoms with Gasteiger partial charge in [0.05, 0.1) is 18.5 Å². The molecule has 0 aliphatic carbocycles. The maximum atomic E-state index is 6.07. The Balaban J connectivity index is 1.91. The number of nitrogens with one attached hydrogen (secondary N) is 1. The van der Waals surface area contributed by atoms with Gasteiger partial charge in [0.2, 0.25) is 0 Å². The second-order valence-corrected chi connectivity index (χ2v) is 6.02. The minimum Gasteiger partial charge on any atom is -0.493 e. The molecule has 0 spiro atoms. The fraction of sp³-hybridized carbons (Fsp3) is 0.278. The van der Waals surface area contributed by atoms with Crippen LogP contribution in [0, 0.1) is 12.8 Å². The third-order valence-corrected chi connectivity index (χ3v) is 3.45. The second kappa shape index (κ2) is 7.85. The summed E-state index contributed by atoms with van der Waals surface area (Å²) in [6.45, 7) is 6.95. The summed E-state index contributed by atoms with van der Waals surface area (Å²) in [6, 6.07) is 13.6. The zero-order valence-electron chi connectivity index (χ0n) is 13.1. The molecular formula is C18H21ClN2O. The smallest absolute Gasteiger partial charge is 0.119 e. The minimum absolute atomic E-state index is 0.520. The van der Waals surface area contributed by atoms with E-state index in [1.54, 1.807) is 6.21 Å². The van der Waals surface area contributed by atoms with Crippen LogP contribution in [0.3, 0.4) is 0 Å². The first-order valence-electron chi connectivity index (χ1n) is 7.32. The Bertz CT molecular complexity index is 636. The molecule has 22 heavy (non-hydrogen) atoms. The first kappa shape index (κ1) is 16.4. The third-order valence-electron chi connectivity index (χ3n) is 3.04. The van der Waals surface area contributed by atoms with E-state index in [9.17, 15) is 0 Å². The summed E-state index contributed by atoms with van der Waals surface area (Å²) in [7, 11) is 0. The molecule has 0 aromatic heterocycles. The molecule has 0 radical (unpaired) electrons. The summed E-state index contributed by atoms with van der Waals surface area (Å²) in [5, 5.41) is 4.94. The van der Waals surface area contributed by atoms with Gasteiger partial charge >= 0.3 is 0 Å². The van der Waals surface area contributed by atoms with Gasteiger partial charge in [-0.05, 0) is 60.4 Å². The normalized spacial score (nSPS) is 11.1. The molecule has 116 valence electrons. The molecule has 0 amide bonds. The SMILES string of the molecule is Cc1ccc(N/N=C/c2ccc(OCC(C)C)cc2)cc1Cl. The molecule has 4 heteroatoms. The third kappa shape index (κ3) is 5.08. The molecule has 0 saturated carbocycles. The van der Waals surface area contributed by atoms with Crippen molar-refractivity contribution in [3.05, 3.63) is 58.6 Å². The van der Waals surface area contributed by atoms with Gasteiger partial charge in [-0.1, -0.05) is 31.5 Å². The Morgan fingerprint density at radius 2 is 1.91 bits per heavy atom. The number of rotatable bonds is 6. The van der Waals surface area contributed by atoms with E-state index >= 15 is 0 Å². The van der Waals surface area contributed by atoms with Crippen molar-refractivity contribution in [2.75, 3.05) is 12.0 Å². The van der Waals surface area contributed by atoms with Gasteiger partial charge in [-0.15, -0.1) is 0 Å². The quantitative estimate of drug-likeness (QED) is 0.592. The molecule has 0 heterocycles. The molecule has 0 atom stereocenters. The maximum absolute atomic E-state index is 6.07. The number of ether oxygens (including phenoxy) is 1. The second-order valence-electron chi connectivity index (χ2n) is 5.61. The topological polar surface area (TPSA) is 33.6 Å². The van der Waals surface area contributed by atoms with E-state index in [0.29, 0.717) is 5.92 Å². The Kier molecular flexibility index (Phi) is 5.84. The molecule has 2 rings (SSSR count). The Morgan fingerprint density at radius 1 is 1.18 bits per heavy atom. The van der Waals surface area contributed by atoms with Crippen LogP contribution in [0.4, 0.5) is 5.69 Å². The van der Waals surface area contributed by atoms with Crippen LogP contribution in [0.2, 0.25) is 5.02 Å². The van der Waals surface area contributed by atoms with Gasteiger partial charge in [0.1, 0.15) is 5.75 Å². The molecule has 0 aliphatic heterocycles. The largest absolute Gasteiger partial charge is 0.493 e. The minimum atomic E-state index is 0.520. The predicted molar refractivity (Wildman–Crippen MR) is 94.2 cm³/mol. The molecule has 2 aromatic rings. The molecule has 0 fully saturated rings.